The van der Waals surface area contributed by atoms with Crippen LogP contribution in [0.15, 0.2) is 61.1 Å². The summed E-state index contributed by atoms with van der Waals surface area (Å²) >= 11 is 0. The molecule has 1 N–H and O–H groups in total. The first-order valence-corrected chi connectivity index (χ1v) is 11.5. The summed E-state index contributed by atoms with van der Waals surface area (Å²) in [7, 11) is 0. The number of hydrogen-bond donors (Lipinski definition) is 1. The molecule has 3 heterocycles. The number of fused-ring (bicyclic) bond motifs is 1. The first kappa shape index (κ1) is 22.6. The molecule has 0 saturated carbocycles. The van der Waals surface area contributed by atoms with E-state index >= 15 is 4.39 Å². The van der Waals surface area contributed by atoms with Crippen molar-refractivity contribution >= 4 is 22.5 Å². The number of amides is 1. The number of halogens is 1. The zero-order chi connectivity index (χ0) is 24.4. The minimum atomic E-state index is -0.664. The normalized spacial score (nSPS) is 15.5. The van der Waals surface area contributed by atoms with E-state index in [1.807, 2.05) is 37.3 Å². The fourth-order valence-electron chi connectivity index (χ4n) is 4.60. The van der Waals surface area contributed by atoms with Gasteiger partial charge in [-0.05, 0) is 55.5 Å². The van der Waals surface area contributed by atoms with Crippen molar-refractivity contribution in [1.29, 1.82) is 5.26 Å². The van der Waals surface area contributed by atoms with E-state index < -0.39 is 11.7 Å². The number of nitrogens with one attached hydrogen (secondary N) is 1. The molecule has 1 aliphatic heterocycles. The highest BCUT2D eigenvalue weighted by atomic mass is 19.1. The van der Waals surface area contributed by atoms with Gasteiger partial charge < -0.3 is 5.32 Å². The molecular weight excluding hydrogens is 443 g/mol. The Morgan fingerprint density at radius 3 is 2.89 bits per heavy atom. The number of nitrogens with zero attached hydrogens (tertiary/aromatic N) is 5. The predicted octanol–water partition coefficient (Wildman–Crippen LogP) is 4.41. The van der Waals surface area contributed by atoms with Gasteiger partial charge in [0.1, 0.15) is 17.7 Å². The number of nitriles is 1. The predicted molar refractivity (Wildman–Crippen MR) is 131 cm³/mol. The maximum absolute atomic E-state index is 15.4. The van der Waals surface area contributed by atoms with Crippen LogP contribution in [0, 0.1) is 24.1 Å². The van der Waals surface area contributed by atoms with Crippen LogP contribution in [-0.4, -0.2) is 40.0 Å². The van der Waals surface area contributed by atoms with Gasteiger partial charge in [-0.1, -0.05) is 24.3 Å². The molecule has 1 fully saturated rings. The van der Waals surface area contributed by atoms with Crippen molar-refractivity contribution in [3.63, 3.8) is 0 Å². The molecule has 1 saturated heterocycles. The van der Waals surface area contributed by atoms with E-state index in [2.05, 4.69) is 20.3 Å². The average molecular weight is 467 g/mol. The molecule has 4 aromatic rings. The topological polar surface area (TPSA) is 94.8 Å². The fraction of sp³-hybridized carbons (Fsp3) is 0.222. The van der Waals surface area contributed by atoms with Crippen LogP contribution >= 0.6 is 0 Å². The van der Waals surface area contributed by atoms with Crippen LogP contribution in [-0.2, 0) is 0 Å². The zero-order valence-corrected chi connectivity index (χ0v) is 19.2. The second kappa shape index (κ2) is 9.57. The number of benzene rings is 2. The highest BCUT2D eigenvalue weighted by Gasteiger charge is 2.31. The van der Waals surface area contributed by atoms with E-state index in [0.717, 1.165) is 35.7 Å². The average Bonchev–Trinajstić information content (AvgIpc) is 2.89. The van der Waals surface area contributed by atoms with Crippen LogP contribution in [0.25, 0.3) is 22.0 Å². The summed E-state index contributed by atoms with van der Waals surface area (Å²) in [6, 6.07) is 14.0. The maximum Gasteiger partial charge on any atom is 0.262 e. The Hall–Kier alpha value is -4.22. The third-order valence-corrected chi connectivity index (χ3v) is 6.31. The second-order valence-electron chi connectivity index (χ2n) is 8.58. The molecular formula is C27H23FN6O. The Balaban J connectivity index is 1.59. The molecule has 0 unspecified atom stereocenters. The second-order valence-corrected chi connectivity index (χ2v) is 8.58. The number of aryl methyl sites for hydroxylation is 1. The number of carbonyl (C=O) groups is 1. The molecule has 0 bridgehead atoms. The Bertz CT molecular complexity index is 1450. The lowest BCUT2D eigenvalue weighted by atomic mass is 10.0. The summed E-state index contributed by atoms with van der Waals surface area (Å²) in [5, 5.41) is 14.3. The van der Waals surface area contributed by atoms with Gasteiger partial charge in [-0.25, -0.2) is 14.4 Å². The van der Waals surface area contributed by atoms with Gasteiger partial charge in [-0.3, -0.25) is 14.7 Å². The summed E-state index contributed by atoms with van der Waals surface area (Å²) in [5.74, 6) is -0.569. The van der Waals surface area contributed by atoms with Gasteiger partial charge in [0.2, 0.25) is 0 Å². The molecule has 1 aliphatic rings. The molecule has 5 rings (SSSR count). The van der Waals surface area contributed by atoms with Gasteiger partial charge in [0.15, 0.2) is 5.69 Å². The monoisotopic (exact) mass is 466 g/mol. The fourth-order valence-corrected chi connectivity index (χ4v) is 4.60. The summed E-state index contributed by atoms with van der Waals surface area (Å²) in [5.41, 5.74) is 1.89. The maximum atomic E-state index is 15.4. The Morgan fingerprint density at radius 1 is 1.23 bits per heavy atom. The van der Waals surface area contributed by atoms with Crippen molar-refractivity contribution in [2.75, 3.05) is 18.0 Å². The van der Waals surface area contributed by atoms with Crippen LogP contribution in [0.3, 0.4) is 0 Å². The van der Waals surface area contributed by atoms with E-state index in [9.17, 15) is 4.79 Å². The minimum Gasteiger partial charge on any atom is -0.315 e. The molecule has 1 amide bonds. The molecule has 7 nitrogen and oxygen atoms in total. The first-order valence-electron chi connectivity index (χ1n) is 11.5. The smallest absolute Gasteiger partial charge is 0.262 e. The van der Waals surface area contributed by atoms with E-state index in [0.29, 0.717) is 23.6 Å². The highest BCUT2D eigenvalue weighted by molar-refractivity contribution is 6.11. The van der Waals surface area contributed by atoms with Crippen molar-refractivity contribution in [1.82, 2.24) is 20.3 Å². The molecule has 35 heavy (non-hydrogen) atoms. The minimum absolute atomic E-state index is 0.0453. The van der Waals surface area contributed by atoms with Gasteiger partial charge in [0.25, 0.3) is 5.91 Å². The molecule has 0 aliphatic carbocycles. The van der Waals surface area contributed by atoms with Gasteiger partial charge >= 0.3 is 0 Å². The van der Waals surface area contributed by atoms with Gasteiger partial charge in [0.05, 0.1) is 29.7 Å². The third kappa shape index (κ3) is 4.34. The number of pyridine rings is 1. The Labute approximate surface area is 202 Å². The van der Waals surface area contributed by atoms with Crippen molar-refractivity contribution in [3.05, 3.63) is 83.7 Å². The molecule has 2 aromatic carbocycles. The SMILES string of the molecule is Cc1cccc2ccnc(N(C(=O)c3ccc(-c4cncc(C#N)n4)cc3F)[C@@H]3CCCNC3)c12. The number of hydrogen-bond acceptors (Lipinski definition) is 6. The van der Waals surface area contributed by atoms with Crippen molar-refractivity contribution in [2.45, 2.75) is 25.8 Å². The molecule has 1 atom stereocenters. The Kier molecular flexibility index (Phi) is 6.17. The van der Waals surface area contributed by atoms with E-state index in [4.69, 9.17) is 5.26 Å². The van der Waals surface area contributed by atoms with Crippen LogP contribution in [0.5, 0.6) is 0 Å². The molecule has 174 valence electrons. The summed E-state index contributed by atoms with van der Waals surface area (Å²) in [6.45, 7) is 3.47. The number of carbonyl (C=O) groups excluding carboxylic acids is 1. The highest BCUT2D eigenvalue weighted by Crippen LogP contribution is 2.32. The zero-order valence-electron chi connectivity index (χ0n) is 19.2. The summed E-state index contributed by atoms with van der Waals surface area (Å²) < 4.78 is 15.4. The molecule has 0 spiro atoms. The third-order valence-electron chi connectivity index (χ3n) is 6.31. The van der Waals surface area contributed by atoms with Crippen LogP contribution in [0.4, 0.5) is 10.2 Å². The largest absolute Gasteiger partial charge is 0.315 e. The van der Waals surface area contributed by atoms with E-state index in [1.54, 1.807) is 17.2 Å². The molecule has 0 radical (unpaired) electrons. The van der Waals surface area contributed by atoms with Crippen molar-refractivity contribution < 1.29 is 9.18 Å². The van der Waals surface area contributed by atoms with Crippen LogP contribution in [0.2, 0.25) is 0 Å². The standard InChI is InChI=1S/C27H23FN6O/c1-17-4-2-5-18-9-11-32-26(25(17)18)34(21-6-3-10-30-15-21)27(35)22-8-7-19(12-23(22)28)24-16-31-14-20(13-29)33-24/h2,4-5,7-9,11-12,14,16,21,30H,3,6,10,15H2,1H3/t21-/m1/s1. The Morgan fingerprint density at radius 2 is 2.11 bits per heavy atom. The number of piperidine rings is 1. The van der Waals surface area contributed by atoms with Gasteiger partial charge in [0, 0.05) is 23.7 Å². The summed E-state index contributed by atoms with van der Waals surface area (Å²) in [4.78, 5) is 28.3. The number of aromatic nitrogens is 3. The van der Waals surface area contributed by atoms with Gasteiger partial charge in [-0.2, -0.15) is 5.26 Å². The quantitative estimate of drug-likeness (QED) is 0.479. The first-order chi connectivity index (χ1) is 17.1. The van der Waals surface area contributed by atoms with Crippen molar-refractivity contribution in [3.8, 4) is 17.3 Å². The lowest BCUT2D eigenvalue weighted by Gasteiger charge is -2.35. The lowest BCUT2D eigenvalue weighted by Crippen LogP contribution is -2.49. The number of rotatable bonds is 4. The summed E-state index contributed by atoms with van der Waals surface area (Å²) in [6.07, 6.45) is 6.19. The van der Waals surface area contributed by atoms with E-state index in [-0.39, 0.29) is 17.3 Å². The van der Waals surface area contributed by atoms with Crippen molar-refractivity contribution in [2.24, 2.45) is 0 Å². The lowest BCUT2D eigenvalue weighted by molar-refractivity contribution is 0.0968. The molecule has 2 aromatic heterocycles. The van der Waals surface area contributed by atoms with Crippen LogP contribution in [0.1, 0.15) is 34.5 Å². The molecule has 8 heteroatoms. The van der Waals surface area contributed by atoms with Gasteiger partial charge in [-0.15, -0.1) is 0 Å². The van der Waals surface area contributed by atoms with Crippen LogP contribution < -0.4 is 10.2 Å². The van der Waals surface area contributed by atoms with E-state index in [1.165, 1.54) is 24.5 Å². The number of anilines is 1.